The maximum absolute atomic E-state index is 10.5. The van der Waals surface area contributed by atoms with Crippen LogP contribution in [0.1, 0.15) is 13.8 Å². The Morgan fingerprint density at radius 1 is 1.67 bits per heavy atom. The summed E-state index contributed by atoms with van der Waals surface area (Å²) in [6, 6.07) is 0.292. The van der Waals surface area contributed by atoms with Gasteiger partial charge in [0, 0.05) is 12.6 Å². The lowest BCUT2D eigenvalue weighted by atomic mass is 10.0. The van der Waals surface area contributed by atoms with Crippen LogP contribution in [0, 0.1) is 5.92 Å². The van der Waals surface area contributed by atoms with Gasteiger partial charge in [-0.3, -0.25) is 0 Å². The number of aliphatic carboxylic acids is 1. The number of ether oxygens (including phenoxy) is 1. The van der Waals surface area contributed by atoms with E-state index in [0.29, 0.717) is 25.1 Å². The summed E-state index contributed by atoms with van der Waals surface area (Å²) in [6.45, 7) is 5.08. The van der Waals surface area contributed by atoms with Gasteiger partial charge in [-0.2, -0.15) is 0 Å². The Hall–Kier alpha value is -0.610. The predicted octanol–water partition coefficient (Wildman–Crippen LogP) is 0.0840. The molecular weight excluding hydrogens is 158 g/mol. The molecule has 0 amide bonds. The van der Waals surface area contributed by atoms with Crippen molar-refractivity contribution < 1.29 is 14.6 Å². The van der Waals surface area contributed by atoms with Gasteiger partial charge in [-0.05, 0) is 5.92 Å². The maximum atomic E-state index is 10.5. The third-order valence-electron chi connectivity index (χ3n) is 2.12. The summed E-state index contributed by atoms with van der Waals surface area (Å²) >= 11 is 0. The van der Waals surface area contributed by atoms with Crippen LogP contribution in [0.5, 0.6) is 0 Å². The minimum absolute atomic E-state index is 0.292. The first-order valence-corrected chi connectivity index (χ1v) is 4.19. The Bertz CT molecular complexity index is 162. The molecule has 0 aromatic heterocycles. The standard InChI is InChI=1S/C8H15NO3/c1-5(2)6-4-12-7(3-9-6)8(10)11/h5-7,9H,3-4H2,1-2H3,(H,10,11)/t6-,7-/m1/s1. The van der Waals surface area contributed by atoms with E-state index in [2.05, 4.69) is 19.2 Å². The molecule has 1 heterocycles. The number of nitrogens with one attached hydrogen (secondary N) is 1. The number of morpholine rings is 1. The summed E-state index contributed by atoms with van der Waals surface area (Å²) in [4.78, 5) is 10.5. The van der Waals surface area contributed by atoms with Crippen LogP contribution in [0.15, 0.2) is 0 Å². The van der Waals surface area contributed by atoms with Crippen LogP contribution in [-0.2, 0) is 9.53 Å². The van der Waals surface area contributed by atoms with Crippen molar-refractivity contribution >= 4 is 5.97 Å². The first-order chi connectivity index (χ1) is 5.61. The smallest absolute Gasteiger partial charge is 0.334 e. The molecule has 0 aromatic carbocycles. The van der Waals surface area contributed by atoms with E-state index < -0.39 is 12.1 Å². The van der Waals surface area contributed by atoms with E-state index in [4.69, 9.17) is 9.84 Å². The summed E-state index contributed by atoms with van der Waals surface area (Å²) in [7, 11) is 0. The first-order valence-electron chi connectivity index (χ1n) is 4.19. The van der Waals surface area contributed by atoms with Gasteiger partial charge in [-0.1, -0.05) is 13.8 Å². The average molecular weight is 173 g/mol. The van der Waals surface area contributed by atoms with Crippen molar-refractivity contribution in [1.29, 1.82) is 0 Å². The van der Waals surface area contributed by atoms with E-state index in [0.717, 1.165) is 0 Å². The van der Waals surface area contributed by atoms with Gasteiger partial charge < -0.3 is 15.2 Å². The summed E-state index contributed by atoms with van der Waals surface area (Å²) in [5.41, 5.74) is 0. The fourth-order valence-corrected chi connectivity index (χ4v) is 1.18. The predicted molar refractivity (Wildman–Crippen MR) is 44.0 cm³/mol. The molecule has 1 rings (SSSR count). The minimum atomic E-state index is -0.885. The van der Waals surface area contributed by atoms with E-state index in [1.54, 1.807) is 0 Å². The van der Waals surface area contributed by atoms with Crippen LogP contribution in [0.25, 0.3) is 0 Å². The van der Waals surface area contributed by atoms with Gasteiger partial charge in [-0.15, -0.1) is 0 Å². The molecule has 0 saturated carbocycles. The second-order valence-corrected chi connectivity index (χ2v) is 3.42. The van der Waals surface area contributed by atoms with Crippen LogP contribution in [0.4, 0.5) is 0 Å². The van der Waals surface area contributed by atoms with Crippen molar-refractivity contribution in [2.45, 2.75) is 26.0 Å². The van der Waals surface area contributed by atoms with Crippen molar-refractivity contribution in [3.8, 4) is 0 Å². The summed E-state index contributed by atoms with van der Waals surface area (Å²) < 4.78 is 5.15. The molecule has 4 nitrogen and oxygen atoms in total. The second kappa shape index (κ2) is 3.87. The minimum Gasteiger partial charge on any atom is -0.479 e. The highest BCUT2D eigenvalue weighted by atomic mass is 16.5. The zero-order valence-electron chi connectivity index (χ0n) is 7.41. The molecular formula is C8H15NO3. The molecule has 1 fully saturated rings. The van der Waals surface area contributed by atoms with Crippen molar-refractivity contribution in [2.24, 2.45) is 5.92 Å². The molecule has 4 heteroatoms. The molecule has 1 saturated heterocycles. The van der Waals surface area contributed by atoms with E-state index in [9.17, 15) is 4.79 Å². The van der Waals surface area contributed by atoms with Crippen LogP contribution >= 0.6 is 0 Å². The number of hydrogen-bond donors (Lipinski definition) is 2. The van der Waals surface area contributed by atoms with Crippen molar-refractivity contribution in [2.75, 3.05) is 13.2 Å². The molecule has 12 heavy (non-hydrogen) atoms. The third kappa shape index (κ3) is 2.19. The highest BCUT2D eigenvalue weighted by Gasteiger charge is 2.27. The van der Waals surface area contributed by atoms with Crippen LogP contribution in [0.2, 0.25) is 0 Å². The largest absolute Gasteiger partial charge is 0.479 e. The van der Waals surface area contributed by atoms with Crippen molar-refractivity contribution in [3.05, 3.63) is 0 Å². The van der Waals surface area contributed by atoms with Gasteiger partial charge in [0.05, 0.1) is 6.61 Å². The second-order valence-electron chi connectivity index (χ2n) is 3.42. The topological polar surface area (TPSA) is 58.6 Å². The van der Waals surface area contributed by atoms with Gasteiger partial charge >= 0.3 is 5.97 Å². The fraction of sp³-hybridized carbons (Fsp3) is 0.875. The molecule has 0 bridgehead atoms. The summed E-state index contributed by atoms with van der Waals surface area (Å²) in [5, 5.41) is 11.7. The summed E-state index contributed by atoms with van der Waals surface area (Å²) in [5.74, 6) is -0.399. The molecule has 2 atom stereocenters. The van der Waals surface area contributed by atoms with Crippen molar-refractivity contribution in [3.63, 3.8) is 0 Å². The Morgan fingerprint density at radius 2 is 2.33 bits per heavy atom. The fourth-order valence-electron chi connectivity index (χ4n) is 1.18. The molecule has 0 radical (unpaired) electrons. The normalized spacial score (nSPS) is 30.6. The number of hydrogen-bond acceptors (Lipinski definition) is 3. The van der Waals surface area contributed by atoms with Gasteiger partial charge in [0.2, 0.25) is 0 Å². The maximum Gasteiger partial charge on any atom is 0.334 e. The Morgan fingerprint density at radius 3 is 2.67 bits per heavy atom. The van der Waals surface area contributed by atoms with Crippen LogP contribution in [-0.4, -0.2) is 36.4 Å². The molecule has 70 valence electrons. The third-order valence-corrected chi connectivity index (χ3v) is 2.12. The highest BCUT2D eigenvalue weighted by Crippen LogP contribution is 2.08. The number of carboxylic acids is 1. The Labute approximate surface area is 71.9 Å². The monoisotopic (exact) mass is 173 g/mol. The van der Waals surface area contributed by atoms with E-state index in [1.807, 2.05) is 0 Å². The van der Waals surface area contributed by atoms with Gasteiger partial charge in [0.25, 0.3) is 0 Å². The van der Waals surface area contributed by atoms with E-state index >= 15 is 0 Å². The lowest BCUT2D eigenvalue weighted by molar-refractivity contribution is -0.153. The highest BCUT2D eigenvalue weighted by molar-refractivity contribution is 5.72. The number of carboxylic acid groups (broad SMARTS) is 1. The van der Waals surface area contributed by atoms with E-state index in [1.165, 1.54) is 0 Å². The molecule has 0 spiro atoms. The average Bonchev–Trinajstić information content (AvgIpc) is 2.04. The van der Waals surface area contributed by atoms with Gasteiger partial charge in [-0.25, -0.2) is 4.79 Å². The molecule has 0 aliphatic carbocycles. The molecule has 0 aromatic rings. The zero-order valence-corrected chi connectivity index (χ0v) is 7.41. The van der Waals surface area contributed by atoms with Gasteiger partial charge in [0.15, 0.2) is 6.10 Å². The number of carbonyl (C=O) groups is 1. The molecule has 2 N–H and O–H groups in total. The lowest BCUT2D eigenvalue weighted by Gasteiger charge is -2.30. The van der Waals surface area contributed by atoms with Crippen LogP contribution in [0.3, 0.4) is 0 Å². The van der Waals surface area contributed by atoms with E-state index in [-0.39, 0.29) is 0 Å². The van der Waals surface area contributed by atoms with Gasteiger partial charge in [0.1, 0.15) is 0 Å². The zero-order chi connectivity index (χ0) is 9.14. The Balaban J connectivity index is 2.34. The molecule has 1 aliphatic rings. The Kier molecular flexibility index (Phi) is 3.05. The first kappa shape index (κ1) is 9.48. The summed E-state index contributed by atoms with van der Waals surface area (Å²) in [6.07, 6.45) is -0.667. The quantitative estimate of drug-likeness (QED) is 0.621. The molecule has 0 unspecified atom stereocenters. The SMILES string of the molecule is CC(C)[C@H]1CO[C@@H](C(=O)O)CN1. The lowest BCUT2D eigenvalue weighted by Crippen LogP contribution is -2.51. The number of rotatable bonds is 2. The van der Waals surface area contributed by atoms with Crippen molar-refractivity contribution in [1.82, 2.24) is 5.32 Å². The van der Waals surface area contributed by atoms with Crippen LogP contribution < -0.4 is 5.32 Å². The molecule has 1 aliphatic heterocycles.